The minimum absolute atomic E-state index is 0.229. The van der Waals surface area contributed by atoms with Crippen molar-refractivity contribution in [2.45, 2.75) is 20.4 Å². The monoisotopic (exact) mass is 307 g/mol. The number of para-hydroxylation sites is 1. The lowest BCUT2D eigenvalue weighted by atomic mass is 10.1. The number of carbonyl (C=O) groups excluding carboxylic acids is 1. The van der Waals surface area contributed by atoms with Crippen molar-refractivity contribution < 1.29 is 4.79 Å². The van der Waals surface area contributed by atoms with Crippen LogP contribution in [-0.2, 0) is 6.54 Å². The highest BCUT2D eigenvalue weighted by atomic mass is 16.2. The number of aryl methyl sites for hydroxylation is 1. The van der Waals surface area contributed by atoms with E-state index in [2.05, 4.69) is 20.8 Å². The molecule has 0 bridgehead atoms. The number of hydrogen-bond acceptors (Lipinski definition) is 4. The Labute approximate surface area is 133 Å². The third kappa shape index (κ3) is 3.42. The molecule has 0 unspecified atom stereocenters. The summed E-state index contributed by atoms with van der Waals surface area (Å²) in [5.74, 6) is -0.229. The number of benzene rings is 2. The van der Waals surface area contributed by atoms with Crippen LogP contribution in [0, 0.1) is 6.92 Å². The molecule has 0 saturated heterocycles. The van der Waals surface area contributed by atoms with Crippen molar-refractivity contribution in [2.24, 2.45) is 5.10 Å². The van der Waals surface area contributed by atoms with Gasteiger partial charge in [-0.3, -0.25) is 4.79 Å². The molecule has 1 N–H and O–H groups in total. The van der Waals surface area contributed by atoms with Crippen molar-refractivity contribution >= 4 is 22.7 Å². The molecule has 0 aliphatic carbocycles. The zero-order valence-corrected chi connectivity index (χ0v) is 13.0. The highest BCUT2D eigenvalue weighted by Gasteiger charge is 2.06. The van der Waals surface area contributed by atoms with Crippen molar-refractivity contribution in [3.8, 4) is 0 Å². The van der Waals surface area contributed by atoms with Gasteiger partial charge in [-0.15, -0.1) is 5.10 Å². The molecule has 1 aromatic heterocycles. The van der Waals surface area contributed by atoms with Crippen LogP contribution in [0.2, 0.25) is 0 Å². The van der Waals surface area contributed by atoms with Crippen molar-refractivity contribution in [3.63, 3.8) is 0 Å². The van der Waals surface area contributed by atoms with Crippen LogP contribution >= 0.6 is 0 Å². The number of amides is 1. The van der Waals surface area contributed by atoms with Gasteiger partial charge in [-0.25, -0.2) is 10.1 Å². The molecule has 23 heavy (non-hydrogen) atoms. The Morgan fingerprint density at radius 3 is 2.70 bits per heavy atom. The number of hydrazone groups is 1. The number of carbonyl (C=O) groups is 1. The summed E-state index contributed by atoms with van der Waals surface area (Å²) < 4.78 is 1.76. The Kier molecular flexibility index (Phi) is 4.14. The summed E-state index contributed by atoms with van der Waals surface area (Å²) in [7, 11) is 0. The van der Waals surface area contributed by atoms with E-state index in [-0.39, 0.29) is 5.91 Å². The van der Waals surface area contributed by atoms with Gasteiger partial charge in [0.15, 0.2) is 0 Å². The first-order valence-electron chi connectivity index (χ1n) is 7.32. The second-order valence-corrected chi connectivity index (χ2v) is 5.39. The van der Waals surface area contributed by atoms with E-state index in [1.807, 2.05) is 50.2 Å². The number of fused-ring (bicyclic) bond motifs is 1. The summed E-state index contributed by atoms with van der Waals surface area (Å²) in [4.78, 5) is 12.0. The summed E-state index contributed by atoms with van der Waals surface area (Å²) in [5.41, 5.74) is 6.77. The minimum Gasteiger partial charge on any atom is -0.267 e. The van der Waals surface area contributed by atoms with Crippen LogP contribution in [0.3, 0.4) is 0 Å². The van der Waals surface area contributed by atoms with E-state index in [1.54, 1.807) is 16.8 Å². The second-order valence-electron chi connectivity index (χ2n) is 5.39. The molecule has 0 radical (unpaired) electrons. The number of hydrogen-bond donors (Lipinski definition) is 1. The standard InChI is InChI=1S/C17H17N5O/c1-12-7-9-14(10-8-12)17(23)20-18-13(2)11-22-16-6-4-3-5-15(16)19-21-22/h3-10H,11H2,1-2H3,(H,20,23). The van der Waals surface area contributed by atoms with E-state index in [1.165, 1.54) is 0 Å². The first kappa shape index (κ1) is 14.9. The zero-order valence-electron chi connectivity index (χ0n) is 13.0. The number of nitrogens with zero attached hydrogens (tertiary/aromatic N) is 4. The fraction of sp³-hybridized carbons (Fsp3) is 0.176. The highest BCUT2D eigenvalue weighted by Crippen LogP contribution is 2.09. The molecule has 3 aromatic rings. The average molecular weight is 307 g/mol. The van der Waals surface area contributed by atoms with E-state index in [9.17, 15) is 4.79 Å². The van der Waals surface area contributed by atoms with Gasteiger partial charge in [0, 0.05) is 5.56 Å². The highest BCUT2D eigenvalue weighted by molar-refractivity contribution is 5.95. The van der Waals surface area contributed by atoms with Crippen LogP contribution in [0.5, 0.6) is 0 Å². The first-order valence-corrected chi connectivity index (χ1v) is 7.32. The zero-order chi connectivity index (χ0) is 16.2. The second kappa shape index (κ2) is 6.39. The maximum Gasteiger partial charge on any atom is 0.271 e. The largest absolute Gasteiger partial charge is 0.271 e. The first-order chi connectivity index (χ1) is 11.1. The van der Waals surface area contributed by atoms with Gasteiger partial charge in [0.2, 0.25) is 0 Å². The molecular formula is C17H17N5O. The van der Waals surface area contributed by atoms with E-state index >= 15 is 0 Å². The lowest BCUT2D eigenvalue weighted by Crippen LogP contribution is -2.20. The summed E-state index contributed by atoms with van der Waals surface area (Å²) in [6.07, 6.45) is 0. The van der Waals surface area contributed by atoms with Gasteiger partial charge in [-0.05, 0) is 38.1 Å². The molecular weight excluding hydrogens is 290 g/mol. The van der Waals surface area contributed by atoms with Crippen molar-refractivity contribution in [3.05, 3.63) is 59.7 Å². The Morgan fingerprint density at radius 1 is 1.17 bits per heavy atom. The molecule has 1 amide bonds. The average Bonchev–Trinajstić information content (AvgIpc) is 2.96. The Morgan fingerprint density at radius 2 is 1.91 bits per heavy atom. The van der Waals surface area contributed by atoms with Crippen LogP contribution in [0.15, 0.2) is 53.6 Å². The maximum absolute atomic E-state index is 12.0. The Balaban J connectivity index is 1.68. The summed E-state index contributed by atoms with van der Waals surface area (Å²) in [5, 5.41) is 12.3. The van der Waals surface area contributed by atoms with Crippen LogP contribution in [0.4, 0.5) is 0 Å². The number of nitrogens with one attached hydrogen (secondary N) is 1. The lowest BCUT2D eigenvalue weighted by molar-refractivity contribution is 0.0954. The molecule has 0 saturated carbocycles. The van der Waals surface area contributed by atoms with Crippen molar-refractivity contribution in [1.82, 2.24) is 20.4 Å². The third-order valence-electron chi connectivity index (χ3n) is 3.46. The molecule has 3 rings (SSSR count). The fourth-order valence-corrected chi connectivity index (χ4v) is 2.20. The van der Waals surface area contributed by atoms with Gasteiger partial charge < -0.3 is 0 Å². The smallest absolute Gasteiger partial charge is 0.267 e. The van der Waals surface area contributed by atoms with Gasteiger partial charge in [-0.1, -0.05) is 35.0 Å². The fourth-order valence-electron chi connectivity index (χ4n) is 2.20. The minimum atomic E-state index is -0.229. The number of rotatable bonds is 4. The molecule has 2 aromatic carbocycles. The number of aromatic nitrogens is 3. The molecule has 0 aliphatic heterocycles. The maximum atomic E-state index is 12.0. The lowest BCUT2D eigenvalue weighted by Gasteiger charge is -2.04. The van der Waals surface area contributed by atoms with E-state index in [4.69, 9.17) is 0 Å². The van der Waals surface area contributed by atoms with Crippen LogP contribution in [0.1, 0.15) is 22.8 Å². The van der Waals surface area contributed by atoms with E-state index in [0.717, 1.165) is 22.3 Å². The van der Waals surface area contributed by atoms with Crippen LogP contribution in [0.25, 0.3) is 11.0 Å². The topological polar surface area (TPSA) is 72.2 Å². The van der Waals surface area contributed by atoms with E-state index in [0.29, 0.717) is 12.1 Å². The summed E-state index contributed by atoms with van der Waals surface area (Å²) in [6, 6.07) is 15.1. The molecule has 0 aliphatic rings. The van der Waals surface area contributed by atoms with Crippen molar-refractivity contribution in [1.29, 1.82) is 0 Å². The Hall–Kier alpha value is -3.02. The molecule has 0 fully saturated rings. The van der Waals surface area contributed by atoms with Crippen molar-refractivity contribution in [2.75, 3.05) is 0 Å². The molecule has 6 heteroatoms. The van der Waals surface area contributed by atoms with Gasteiger partial charge in [-0.2, -0.15) is 5.10 Å². The molecule has 6 nitrogen and oxygen atoms in total. The summed E-state index contributed by atoms with van der Waals surface area (Å²) >= 11 is 0. The SMILES string of the molecule is CC(Cn1nnc2ccccc21)=NNC(=O)c1ccc(C)cc1. The predicted molar refractivity (Wildman–Crippen MR) is 89.3 cm³/mol. The van der Waals surface area contributed by atoms with Crippen LogP contribution < -0.4 is 5.43 Å². The quantitative estimate of drug-likeness (QED) is 0.594. The predicted octanol–water partition coefficient (Wildman–Crippen LogP) is 2.55. The normalized spacial score (nSPS) is 11.7. The Bertz CT molecular complexity index is 864. The van der Waals surface area contributed by atoms with Gasteiger partial charge in [0.1, 0.15) is 5.52 Å². The summed E-state index contributed by atoms with van der Waals surface area (Å²) in [6.45, 7) is 4.28. The van der Waals surface area contributed by atoms with Gasteiger partial charge >= 0.3 is 0 Å². The van der Waals surface area contributed by atoms with Crippen LogP contribution in [-0.4, -0.2) is 26.6 Å². The molecule has 116 valence electrons. The molecule has 0 spiro atoms. The van der Waals surface area contributed by atoms with Gasteiger partial charge in [0.05, 0.1) is 17.8 Å². The van der Waals surface area contributed by atoms with E-state index < -0.39 is 0 Å². The molecule has 1 heterocycles. The molecule has 0 atom stereocenters. The van der Waals surface area contributed by atoms with Gasteiger partial charge in [0.25, 0.3) is 5.91 Å². The third-order valence-corrected chi connectivity index (χ3v) is 3.46.